The fraction of sp³-hybridized carbons (Fsp3) is 0.733. The summed E-state index contributed by atoms with van der Waals surface area (Å²) in [6.07, 6.45) is 9.88. The van der Waals surface area contributed by atoms with Crippen molar-refractivity contribution in [2.75, 3.05) is 20.6 Å². The van der Waals surface area contributed by atoms with Crippen LogP contribution in [0.3, 0.4) is 0 Å². The lowest BCUT2D eigenvalue weighted by atomic mass is 9.87. The second-order valence-corrected chi connectivity index (χ2v) is 5.61. The lowest BCUT2D eigenvalue weighted by molar-refractivity contribution is 0.336. The Labute approximate surface area is 144 Å². The standard InChI is InChI=1S/C15H26N4O.HI/c1-16-15(19(2)12-14-9-11-20-18-14)17-10-8-13-6-4-3-5-7-13;/h9,11,13H,3-8,10,12H2,1-2H3,(H,16,17);1H. The summed E-state index contributed by atoms with van der Waals surface area (Å²) in [4.78, 5) is 6.39. The van der Waals surface area contributed by atoms with Crippen molar-refractivity contribution in [2.45, 2.75) is 45.1 Å². The van der Waals surface area contributed by atoms with Gasteiger partial charge in [0.05, 0.1) is 6.54 Å². The normalized spacial score (nSPS) is 16.4. The Morgan fingerprint density at radius 2 is 2.19 bits per heavy atom. The zero-order chi connectivity index (χ0) is 14.2. The molecule has 0 atom stereocenters. The SMILES string of the molecule is CN=C(NCCC1CCCCC1)N(C)Cc1ccon1.I. The van der Waals surface area contributed by atoms with Crippen molar-refractivity contribution in [1.82, 2.24) is 15.4 Å². The number of aromatic nitrogens is 1. The van der Waals surface area contributed by atoms with Gasteiger partial charge >= 0.3 is 0 Å². The van der Waals surface area contributed by atoms with Gasteiger partial charge in [0.1, 0.15) is 12.0 Å². The number of hydrogen-bond acceptors (Lipinski definition) is 3. The van der Waals surface area contributed by atoms with Crippen molar-refractivity contribution in [3.05, 3.63) is 18.0 Å². The fourth-order valence-electron chi connectivity index (χ4n) is 2.89. The molecule has 5 nitrogen and oxygen atoms in total. The maximum Gasteiger partial charge on any atom is 0.193 e. The van der Waals surface area contributed by atoms with Gasteiger partial charge in [-0.25, -0.2) is 0 Å². The van der Waals surface area contributed by atoms with Gasteiger partial charge in [0.2, 0.25) is 0 Å². The maximum absolute atomic E-state index is 4.85. The largest absolute Gasteiger partial charge is 0.364 e. The van der Waals surface area contributed by atoms with E-state index < -0.39 is 0 Å². The summed E-state index contributed by atoms with van der Waals surface area (Å²) >= 11 is 0. The van der Waals surface area contributed by atoms with Crippen LogP contribution in [0.4, 0.5) is 0 Å². The van der Waals surface area contributed by atoms with E-state index in [1.54, 1.807) is 6.26 Å². The van der Waals surface area contributed by atoms with Gasteiger partial charge in [-0.3, -0.25) is 4.99 Å². The van der Waals surface area contributed by atoms with Crippen molar-refractivity contribution in [1.29, 1.82) is 0 Å². The summed E-state index contributed by atoms with van der Waals surface area (Å²) in [6.45, 7) is 1.71. The summed E-state index contributed by atoms with van der Waals surface area (Å²) in [6, 6.07) is 1.88. The molecule has 1 aliphatic carbocycles. The molecule has 0 radical (unpaired) electrons. The summed E-state index contributed by atoms with van der Waals surface area (Å²) in [5.41, 5.74) is 0.919. The van der Waals surface area contributed by atoms with E-state index in [-0.39, 0.29) is 24.0 Å². The van der Waals surface area contributed by atoms with Gasteiger partial charge in [0, 0.05) is 26.7 Å². The van der Waals surface area contributed by atoms with Gasteiger partial charge in [-0.05, 0) is 12.3 Å². The van der Waals surface area contributed by atoms with Crippen molar-refractivity contribution in [3.63, 3.8) is 0 Å². The first-order valence-electron chi connectivity index (χ1n) is 7.60. The molecule has 21 heavy (non-hydrogen) atoms. The van der Waals surface area contributed by atoms with E-state index in [0.29, 0.717) is 6.54 Å². The number of rotatable bonds is 5. The lowest BCUT2D eigenvalue weighted by Gasteiger charge is -2.24. The average molecular weight is 406 g/mol. The van der Waals surface area contributed by atoms with E-state index >= 15 is 0 Å². The number of nitrogens with zero attached hydrogens (tertiary/aromatic N) is 3. The molecule has 1 saturated carbocycles. The predicted molar refractivity (Wildman–Crippen MR) is 95.9 cm³/mol. The smallest absolute Gasteiger partial charge is 0.193 e. The molecule has 0 aromatic carbocycles. The first kappa shape index (κ1) is 18.3. The van der Waals surface area contributed by atoms with Crippen LogP contribution in [0.25, 0.3) is 0 Å². The van der Waals surface area contributed by atoms with Crippen LogP contribution < -0.4 is 5.32 Å². The third kappa shape index (κ3) is 6.23. The number of hydrogen-bond donors (Lipinski definition) is 1. The molecule has 0 spiro atoms. The molecule has 0 amide bonds. The molecule has 0 unspecified atom stereocenters. The second-order valence-electron chi connectivity index (χ2n) is 5.61. The van der Waals surface area contributed by atoms with E-state index in [1.807, 2.05) is 20.2 Å². The molecule has 120 valence electrons. The summed E-state index contributed by atoms with van der Waals surface area (Å²) in [7, 11) is 3.84. The van der Waals surface area contributed by atoms with Gasteiger partial charge in [-0.1, -0.05) is 37.3 Å². The fourth-order valence-corrected chi connectivity index (χ4v) is 2.89. The number of halogens is 1. The minimum atomic E-state index is 0. The van der Waals surface area contributed by atoms with Crippen molar-refractivity contribution >= 4 is 29.9 Å². The van der Waals surface area contributed by atoms with E-state index in [9.17, 15) is 0 Å². The second kappa shape index (κ2) is 10.0. The molecule has 1 fully saturated rings. The predicted octanol–water partition coefficient (Wildman–Crippen LogP) is 3.27. The monoisotopic (exact) mass is 406 g/mol. The highest BCUT2D eigenvalue weighted by atomic mass is 127. The number of aliphatic imine (C=N–C) groups is 1. The quantitative estimate of drug-likeness (QED) is 0.463. The van der Waals surface area contributed by atoms with Gasteiger partial charge < -0.3 is 14.7 Å². The van der Waals surface area contributed by atoms with Gasteiger partial charge in [0.25, 0.3) is 0 Å². The summed E-state index contributed by atoms with van der Waals surface area (Å²) in [5, 5.41) is 7.37. The molecule has 1 aromatic rings. The van der Waals surface area contributed by atoms with Crippen LogP contribution in [-0.2, 0) is 6.54 Å². The van der Waals surface area contributed by atoms with Crippen LogP contribution in [0.2, 0.25) is 0 Å². The van der Waals surface area contributed by atoms with Crippen LogP contribution in [0.5, 0.6) is 0 Å². The van der Waals surface area contributed by atoms with Crippen LogP contribution >= 0.6 is 24.0 Å². The zero-order valence-corrected chi connectivity index (χ0v) is 15.4. The minimum Gasteiger partial charge on any atom is -0.364 e. The van der Waals surface area contributed by atoms with Crippen LogP contribution in [-0.4, -0.2) is 36.7 Å². The van der Waals surface area contributed by atoms with Crippen molar-refractivity contribution in [3.8, 4) is 0 Å². The average Bonchev–Trinajstić information content (AvgIpc) is 2.97. The summed E-state index contributed by atoms with van der Waals surface area (Å²) in [5.74, 6) is 1.82. The van der Waals surface area contributed by atoms with E-state index in [0.717, 1.165) is 24.1 Å². The van der Waals surface area contributed by atoms with Crippen LogP contribution in [0.15, 0.2) is 21.8 Å². The highest BCUT2D eigenvalue weighted by molar-refractivity contribution is 14.0. The maximum atomic E-state index is 4.85. The Morgan fingerprint density at radius 3 is 2.81 bits per heavy atom. The molecule has 6 heteroatoms. The highest BCUT2D eigenvalue weighted by Crippen LogP contribution is 2.25. The minimum absolute atomic E-state index is 0. The van der Waals surface area contributed by atoms with Gasteiger partial charge in [-0.2, -0.15) is 0 Å². The lowest BCUT2D eigenvalue weighted by Crippen LogP contribution is -2.39. The van der Waals surface area contributed by atoms with Gasteiger partial charge in [0.15, 0.2) is 5.96 Å². The van der Waals surface area contributed by atoms with Crippen molar-refractivity contribution in [2.24, 2.45) is 10.9 Å². The Hall–Kier alpha value is -0.790. The molecular weight excluding hydrogens is 379 g/mol. The Morgan fingerprint density at radius 1 is 1.43 bits per heavy atom. The first-order chi connectivity index (χ1) is 9.79. The summed E-state index contributed by atoms with van der Waals surface area (Å²) < 4.78 is 4.85. The topological polar surface area (TPSA) is 53.7 Å². The molecule has 0 bridgehead atoms. The molecule has 1 heterocycles. The van der Waals surface area contributed by atoms with Crippen molar-refractivity contribution < 1.29 is 4.52 Å². The van der Waals surface area contributed by atoms with Crippen LogP contribution in [0.1, 0.15) is 44.2 Å². The molecule has 1 aliphatic rings. The molecule has 0 aliphatic heterocycles. The Bertz CT molecular complexity index is 402. The molecule has 1 aromatic heterocycles. The first-order valence-corrected chi connectivity index (χ1v) is 7.60. The molecule has 2 rings (SSSR count). The Balaban J connectivity index is 0.00000220. The zero-order valence-electron chi connectivity index (χ0n) is 13.0. The van der Waals surface area contributed by atoms with E-state index in [1.165, 1.54) is 38.5 Å². The Kier molecular flexibility index (Phi) is 8.72. The molecule has 1 N–H and O–H groups in total. The highest BCUT2D eigenvalue weighted by Gasteiger charge is 2.14. The van der Waals surface area contributed by atoms with E-state index in [2.05, 4.69) is 20.4 Å². The molecular formula is C15H27IN4O. The third-order valence-corrected chi connectivity index (χ3v) is 4.02. The third-order valence-electron chi connectivity index (χ3n) is 4.02. The number of guanidine groups is 1. The van der Waals surface area contributed by atoms with E-state index in [4.69, 9.17) is 4.52 Å². The van der Waals surface area contributed by atoms with Gasteiger partial charge in [-0.15, -0.1) is 24.0 Å². The molecule has 0 saturated heterocycles. The number of nitrogens with one attached hydrogen (secondary N) is 1. The van der Waals surface area contributed by atoms with Crippen LogP contribution in [0, 0.1) is 5.92 Å².